The summed E-state index contributed by atoms with van der Waals surface area (Å²) in [6.45, 7) is 1.58. The highest BCUT2D eigenvalue weighted by atomic mass is 35.5. The van der Waals surface area contributed by atoms with E-state index in [1.807, 2.05) is 18.2 Å². The van der Waals surface area contributed by atoms with Crippen LogP contribution in [0.3, 0.4) is 0 Å². The second-order valence-electron chi connectivity index (χ2n) is 2.68. The lowest BCUT2D eigenvalue weighted by Gasteiger charge is -2.08. The highest BCUT2D eigenvalue weighted by Crippen LogP contribution is 2.26. The van der Waals surface area contributed by atoms with Gasteiger partial charge in [0.25, 0.3) is 0 Å². The van der Waals surface area contributed by atoms with Crippen LogP contribution in [0.5, 0.6) is 5.75 Å². The van der Waals surface area contributed by atoms with Gasteiger partial charge in [-0.1, -0.05) is 24.4 Å². The van der Waals surface area contributed by atoms with Crippen LogP contribution in [0.1, 0.15) is 0 Å². The number of ether oxygens (including phenoxy) is 1. The average Bonchev–Trinajstić information content (AvgIpc) is 2.18. The van der Waals surface area contributed by atoms with Crippen LogP contribution in [0, 0.1) is 0 Å². The van der Waals surface area contributed by atoms with Crippen LogP contribution >= 0.6 is 24.4 Å². The Kier molecular flexibility index (Phi) is 4.93. The van der Waals surface area contributed by atoms with Crippen molar-refractivity contribution in [3.05, 3.63) is 23.2 Å². The van der Waals surface area contributed by atoms with Gasteiger partial charge in [-0.15, -0.1) is 0 Å². The summed E-state index contributed by atoms with van der Waals surface area (Å²) in [4.78, 5) is 0. The lowest BCUT2D eigenvalue weighted by molar-refractivity contribution is 0.415. The number of methoxy groups -OCH3 is 1. The van der Waals surface area contributed by atoms with Gasteiger partial charge in [0, 0.05) is 18.8 Å². The minimum atomic E-state index is 0.608. The molecular formula is C9H13ClN2OS. The van der Waals surface area contributed by atoms with Crippen LogP contribution in [0.15, 0.2) is 18.2 Å². The van der Waals surface area contributed by atoms with Crippen molar-refractivity contribution in [1.82, 2.24) is 4.72 Å². The summed E-state index contributed by atoms with van der Waals surface area (Å²) in [5.74, 6) is 0.685. The predicted octanol–water partition coefficient (Wildman–Crippen LogP) is 2.19. The van der Waals surface area contributed by atoms with Gasteiger partial charge < -0.3 is 10.1 Å². The van der Waals surface area contributed by atoms with E-state index < -0.39 is 0 Å². The molecule has 0 unspecified atom stereocenters. The molecule has 0 fully saturated rings. The summed E-state index contributed by atoms with van der Waals surface area (Å²) < 4.78 is 7.79. The van der Waals surface area contributed by atoms with Crippen LogP contribution in [0.4, 0.5) is 5.69 Å². The Bertz CT molecular complexity index is 296. The molecule has 0 aliphatic rings. The number of hydrogen-bond acceptors (Lipinski definition) is 4. The summed E-state index contributed by atoms with van der Waals surface area (Å²) in [6, 6.07) is 5.58. The summed E-state index contributed by atoms with van der Waals surface area (Å²) in [5.41, 5.74) is 0.972. The first-order chi connectivity index (χ1) is 6.77. The average molecular weight is 233 g/mol. The number of anilines is 1. The lowest BCUT2D eigenvalue weighted by Crippen LogP contribution is -2.13. The first kappa shape index (κ1) is 11.5. The summed E-state index contributed by atoms with van der Waals surface area (Å²) >= 11 is 9.83. The number of benzene rings is 1. The van der Waals surface area contributed by atoms with Crippen LogP contribution in [-0.4, -0.2) is 20.2 Å². The fourth-order valence-corrected chi connectivity index (χ4v) is 1.41. The molecule has 1 aromatic rings. The maximum Gasteiger partial charge on any atom is 0.137 e. The summed E-state index contributed by atoms with van der Waals surface area (Å²) in [7, 11) is 1.60. The SMILES string of the molecule is COc1ccc(NCCNS)cc1Cl. The van der Waals surface area contributed by atoms with E-state index in [-0.39, 0.29) is 0 Å². The van der Waals surface area contributed by atoms with E-state index in [4.69, 9.17) is 16.3 Å². The Hall–Kier alpha value is -0.580. The topological polar surface area (TPSA) is 33.3 Å². The Morgan fingerprint density at radius 2 is 2.21 bits per heavy atom. The third-order valence-corrected chi connectivity index (χ3v) is 2.24. The molecule has 0 radical (unpaired) electrons. The number of nitrogens with one attached hydrogen (secondary N) is 2. The van der Waals surface area contributed by atoms with Crippen molar-refractivity contribution in [3.63, 3.8) is 0 Å². The maximum absolute atomic E-state index is 5.95. The molecule has 0 bridgehead atoms. The van der Waals surface area contributed by atoms with Gasteiger partial charge in [-0.3, -0.25) is 4.72 Å². The van der Waals surface area contributed by atoms with Crippen LogP contribution < -0.4 is 14.8 Å². The Labute approximate surface area is 94.3 Å². The molecule has 0 aliphatic carbocycles. The number of thiol groups is 1. The van der Waals surface area contributed by atoms with Gasteiger partial charge in [0.1, 0.15) is 5.75 Å². The third-order valence-electron chi connectivity index (χ3n) is 1.72. The van der Waals surface area contributed by atoms with Gasteiger partial charge in [-0.25, -0.2) is 0 Å². The first-order valence-corrected chi connectivity index (χ1v) is 5.05. The van der Waals surface area contributed by atoms with Crippen molar-refractivity contribution in [2.24, 2.45) is 0 Å². The molecule has 1 aromatic carbocycles. The van der Waals surface area contributed by atoms with E-state index in [1.54, 1.807) is 7.11 Å². The summed E-state index contributed by atoms with van der Waals surface area (Å²) in [6.07, 6.45) is 0. The predicted molar refractivity (Wildman–Crippen MR) is 63.5 cm³/mol. The quantitative estimate of drug-likeness (QED) is 0.538. The smallest absolute Gasteiger partial charge is 0.137 e. The van der Waals surface area contributed by atoms with Crippen molar-refractivity contribution >= 4 is 30.1 Å². The number of halogens is 1. The van der Waals surface area contributed by atoms with Gasteiger partial charge in [0.2, 0.25) is 0 Å². The second-order valence-corrected chi connectivity index (χ2v) is 3.41. The molecule has 2 N–H and O–H groups in total. The van der Waals surface area contributed by atoms with Gasteiger partial charge in [-0.2, -0.15) is 0 Å². The molecule has 0 heterocycles. The molecule has 14 heavy (non-hydrogen) atoms. The minimum Gasteiger partial charge on any atom is -0.495 e. The van der Waals surface area contributed by atoms with Crippen molar-refractivity contribution in [2.45, 2.75) is 0 Å². The van der Waals surface area contributed by atoms with E-state index in [0.717, 1.165) is 18.8 Å². The largest absolute Gasteiger partial charge is 0.495 e. The van der Waals surface area contributed by atoms with Gasteiger partial charge >= 0.3 is 0 Å². The first-order valence-electron chi connectivity index (χ1n) is 4.22. The highest BCUT2D eigenvalue weighted by Gasteiger charge is 2.00. The Morgan fingerprint density at radius 3 is 2.79 bits per heavy atom. The molecule has 78 valence electrons. The number of hydrogen-bond donors (Lipinski definition) is 3. The normalized spacial score (nSPS) is 9.93. The second kappa shape index (κ2) is 6.01. The minimum absolute atomic E-state index is 0.608. The van der Waals surface area contributed by atoms with Gasteiger partial charge in [0.15, 0.2) is 0 Å². The Morgan fingerprint density at radius 1 is 1.43 bits per heavy atom. The van der Waals surface area contributed by atoms with E-state index in [0.29, 0.717) is 10.8 Å². The Balaban J connectivity index is 2.57. The lowest BCUT2D eigenvalue weighted by atomic mass is 10.3. The molecule has 0 saturated carbocycles. The molecule has 0 amide bonds. The standard InChI is InChI=1S/C9H13ClN2OS/c1-13-9-3-2-7(6-8(9)10)11-4-5-12-14/h2-3,6,11-12,14H,4-5H2,1H3. The van der Waals surface area contributed by atoms with Gasteiger partial charge in [0.05, 0.1) is 12.1 Å². The zero-order valence-electron chi connectivity index (χ0n) is 7.88. The van der Waals surface area contributed by atoms with E-state index in [2.05, 4.69) is 22.9 Å². The van der Waals surface area contributed by atoms with Crippen molar-refractivity contribution < 1.29 is 4.74 Å². The van der Waals surface area contributed by atoms with Crippen LogP contribution in [-0.2, 0) is 0 Å². The maximum atomic E-state index is 5.95. The monoisotopic (exact) mass is 232 g/mol. The zero-order valence-corrected chi connectivity index (χ0v) is 9.53. The molecule has 0 aliphatic heterocycles. The van der Waals surface area contributed by atoms with E-state index in [1.165, 1.54) is 0 Å². The molecular weight excluding hydrogens is 220 g/mol. The van der Waals surface area contributed by atoms with Crippen LogP contribution in [0.25, 0.3) is 0 Å². The van der Waals surface area contributed by atoms with E-state index >= 15 is 0 Å². The van der Waals surface area contributed by atoms with Crippen molar-refractivity contribution in [2.75, 3.05) is 25.5 Å². The van der Waals surface area contributed by atoms with E-state index in [9.17, 15) is 0 Å². The fourth-order valence-electron chi connectivity index (χ4n) is 1.04. The van der Waals surface area contributed by atoms with Crippen LogP contribution in [0.2, 0.25) is 5.02 Å². The van der Waals surface area contributed by atoms with Crippen molar-refractivity contribution in [3.8, 4) is 5.75 Å². The highest BCUT2D eigenvalue weighted by molar-refractivity contribution is 7.78. The molecule has 1 rings (SSSR count). The van der Waals surface area contributed by atoms with Crippen molar-refractivity contribution in [1.29, 1.82) is 0 Å². The zero-order chi connectivity index (χ0) is 10.4. The molecule has 0 atom stereocenters. The molecule has 5 heteroatoms. The third kappa shape index (κ3) is 3.29. The van der Waals surface area contributed by atoms with Gasteiger partial charge in [-0.05, 0) is 18.2 Å². The molecule has 0 saturated heterocycles. The number of rotatable bonds is 5. The molecule has 0 aromatic heterocycles. The molecule has 0 spiro atoms. The summed E-state index contributed by atoms with van der Waals surface area (Å²) in [5, 5.41) is 3.79. The molecule has 3 nitrogen and oxygen atoms in total. The fraction of sp³-hybridized carbons (Fsp3) is 0.333.